The molecule has 0 aliphatic heterocycles. The maximum absolute atomic E-state index is 11.9. The maximum atomic E-state index is 11.9. The van der Waals surface area contributed by atoms with Crippen LogP contribution in [-0.4, -0.2) is 28.8 Å². The van der Waals surface area contributed by atoms with Gasteiger partial charge in [0.15, 0.2) is 0 Å². The molecule has 0 saturated heterocycles. The first kappa shape index (κ1) is 14.2. The van der Waals surface area contributed by atoms with Gasteiger partial charge in [-0.2, -0.15) is 0 Å². The molecule has 2 aliphatic carbocycles. The lowest BCUT2D eigenvalue weighted by Gasteiger charge is -2.34. The molecule has 5 heteroatoms. The Labute approximate surface area is 113 Å². The van der Waals surface area contributed by atoms with Gasteiger partial charge in [0.1, 0.15) is 11.6 Å². The van der Waals surface area contributed by atoms with Crippen molar-refractivity contribution in [3.05, 3.63) is 0 Å². The lowest BCUT2D eigenvalue weighted by molar-refractivity contribution is -0.146. The van der Waals surface area contributed by atoms with Gasteiger partial charge in [0.05, 0.1) is 0 Å². The highest BCUT2D eigenvalue weighted by Crippen LogP contribution is 2.29. The molecule has 2 saturated carbocycles. The largest absolute Gasteiger partial charge is 0.480 e. The van der Waals surface area contributed by atoms with Crippen molar-refractivity contribution in [3.8, 4) is 0 Å². The number of aliphatic carboxylic acids is 1. The fraction of sp³-hybridized carbons (Fsp3) is 0.857. The number of ether oxygens (including phenoxy) is 1. The number of nitrogens with one attached hydrogen (secondary N) is 1. The van der Waals surface area contributed by atoms with E-state index in [2.05, 4.69) is 5.32 Å². The van der Waals surface area contributed by atoms with E-state index >= 15 is 0 Å². The number of alkyl carbamates (subject to hydrolysis) is 1. The van der Waals surface area contributed by atoms with Crippen LogP contribution in [0.2, 0.25) is 0 Å². The van der Waals surface area contributed by atoms with Gasteiger partial charge in [-0.05, 0) is 38.5 Å². The van der Waals surface area contributed by atoms with E-state index in [9.17, 15) is 14.7 Å². The topological polar surface area (TPSA) is 75.6 Å². The maximum Gasteiger partial charge on any atom is 0.408 e. The summed E-state index contributed by atoms with van der Waals surface area (Å²) in [5.74, 6) is -0.937. The molecular formula is C14H23NO4. The predicted octanol–water partition coefficient (Wildman–Crippen LogP) is 2.83. The quantitative estimate of drug-likeness (QED) is 0.826. The number of carbonyl (C=O) groups is 2. The molecule has 0 unspecified atom stereocenters. The summed E-state index contributed by atoms with van der Waals surface area (Å²) in [6.45, 7) is 0. The molecule has 0 aromatic carbocycles. The van der Waals surface area contributed by atoms with Crippen molar-refractivity contribution < 1.29 is 19.4 Å². The van der Waals surface area contributed by atoms with Crippen molar-refractivity contribution in [3.63, 3.8) is 0 Å². The van der Waals surface area contributed by atoms with Crippen molar-refractivity contribution in [2.45, 2.75) is 75.9 Å². The molecule has 2 rings (SSSR count). The summed E-state index contributed by atoms with van der Waals surface area (Å²) >= 11 is 0. The second-order valence-corrected chi connectivity index (χ2v) is 5.74. The van der Waals surface area contributed by atoms with E-state index in [1.165, 1.54) is 6.42 Å². The Hall–Kier alpha value is -1.26. The summed E-state index contributed by atoms with van der Waals surface area (Å²) in [7, 11) is 0. The van der Waals surface area contributed by atoms with Gasteiger partial charge in [-0.25, -0.2) is 9.59 Å². The highest BCUT2D eigenvalue weighted by molar-refractivity contribution is 5.84. The van der Waals surface area contributed by atoms with E-state index in [0.29, 0.717) is 12.8 Å². The number of carboxylic acid groups (broad SMARTS) is 1. The van der Waals surface area contributed by atoms with Gasteiger partial charge in [0.25, 0.3) is 0 Å². The van der Waals surface area contributed by atoms with Gasteiger partial charge in [0, 0.05) is 0 Å². The molecule has 0 atom stereocenters. The van der Waals surface area contributed by atoms with Crippen LogP contribution in [0, 0.1) is 0 Å². The highest BCUT2D eigenvalue weighted by atomic mass is 16.6. The Bertz CT molecular complexity index is 330. The van der Waals surface area contributed by atoms with E-state index in [1.54, 1.807) is 0 Å². The zero-order chi connectivity index (χ0) is 13.7. The monoisotopic (exact) mass is 269 g/mol. The van der Waals surface area contributed by atoms with Crippen molar-refractivity contribution in [2.75, 3.05) is 0 Å². The number of carbonyl (C=O) groups excluding carboxylic acids is 1. The Kier molecular flexibility index (Phi) is 4.66. The van der Waals surface area contributed by atoms with Crippen LogP contribution < -0.4 is 5.32 Å². The van der Waals surface area contributed by atoms with Crippen molar-refractivity contribution >= 4 is 12.1 Å². The molecule has 0 bridgehead atoms. The zero-order valence-corrected chi connectivity index (χ0v) is 11.3. The summed E-state index contributed by atoms with van der Waals surface area (Å²) in [5.41, 5.74) is -1.11. The first-order valence-electron chi connectivity index (χ1n) is 7.35. The molecular weight excluding hydrogens is 246 g/mol. The molecule has 2 N–H and O–H groups in total. The summed E-state index contributed by atoms with van der Waals surface area (Å²) < 4.78 is 5.36. The van der Waals surface area contributed by atoms with Crippen LogP contribution in [0.1, 0.15) is 64.2 Å². The minimum absolute atomic E-state index is 0.0387. The van der Waals surface area contributed by atoms with Gasteiger partial charge >= 0.3 is 12.1 Å². The average Bonchev–Trinajstić information content (AvgIpc) is 2.40. The lowest BCUT2D eigenvalue weighted by atomic mass is 9.82. The molecule has 0 spiro atoms. The van der Waals surface area contributed by atoms with E-state index in [1.807, 2.05) is 0 Å². The minimum Gasteiger partial charge on any atom is -0.480 e. The summed E-state index contributed by atoms with van der Waals surface area (Å²) in [4.78, 5) is 23.3. The second kappa shape index (κ2) is 6.26. The number of hydrogen-bond donors (Lipinski definition) is 2. The summed E-state index contributed by atoms with van der Waals surface area (Å²) in [5, 5.41) is 12.0. The minimum atomic E-state index is -1.11. The average molecular weight is 269 g/mol. The normalized spacial score (nSPS) is 23.6. The third kappa shape index (κ3) is 3.61. The standard InChI is InChI=1S/C14H23NO4/c16-12(17)14(9-5-2-6-10-14)15-13(18)19-11-7-3-1-4-8-11/h11H,1-10H2,(H,15,18)(H,16,17). The molecule has 0 aromatic rings. The van der Waals surface area contributed by atoms with Crippen LogP contribution in [-0.2, 0) is 9.53 Å². The number of rotatable bonds is 3. The van der Waals surface area contributed by atoms with E-state index in [4.69, 9.17) is 4.74 Å². The van der Waals surface area contributed by atoms with Crippen LogP contribution in [0.5, 0.6) is 0 Å². The first-order valence-corrected chi connectivity index (χ1v) is 7.35. The third-order valence-electron chi connectivity index (χ3n) is 4.28. The Morgan fingerprint density at radius 2 is 1.58 bits per heavy atom. The van der Waals surface area contributed by atoms with E-state index < -0.39 is 17.6 Å². The fourth-order valence-corrected chi connectivity index (χ4v) is 3.11. The van der Waals surface area contributed by atoms with Crippen LogP contribution in [0.4, 0.5) is 4.79 Å². The van der Waals surface area contributed by atoms with Crippen LogP contribution in [0.3, 0.4) is 0 Å². The molecule has 5 nitrogen and oxygen atoms in total. The van der Waals surface area contributed by atoms with Crippen molar-refractivity contribution in [2.24, 2.45) is 0 Å². The summed E-state index contributed by atoms with van der Waals surface area (Å²) in [6, 6.07) is 0. The van der Waals surface area contributed by atoms with Crippen LogP contribution in [0.25, 0.3) is 0 Å². The van der Waals surface area contributed by atoms with Crippen LogP contribution >= 0.6 is 0 Å². The predicted molar refractivity (Wildman–Crippen MR) is 69.9 cm³/mol. The summed E-state index contributed by atoms with van der Waals surface area (Å²) in [6.07, 6.45) is 8.29. The van der Waals surface area contributed by atoms with Gasteiger partial charge in [-0.15, -0.1) is 0 Å². The molecule has 1 amide bonds. The lowest BCUT2D eigenvalue weighted by Crippen LogP contribution is -2.56. The molecule has 2 aliphatic rings. The fourth-order valence-electron chi connectivity index (χ4n) is 3.11. The molecule has 0 aromatic heterocycles. The number of hydrogen-bond acceptors (Lipinski definition) is 3. The molecule has 108 valence electrons. The first-order chi connectivity index (χ1) is 9.12. The molecule has 0 heterocycles. The third-order valence-corrected chi connectivity index (χ3v) is 4.28. The smallest absolute Gasteiger partial charge is 0.408 e. The Morgan fingerprint density at radius 3 is 2.16 bits per heavy atom. The number of amides is 1. The van der Waals surface area contributed by atoms with Crippen molar-refractivity contribution in [1.82, 2.24) is 5.32 Å². The zero-order valence-electron chi connectivity index (χ0n) is 11.3. The second-order valence-electron chi connectivity index (χ2n) is 5.74. The van der Waals surface area contributed by atoms with Crippen LogP contribution in [0.15, 0.2) is 0 Å². The highest BCUT2D eigenvalue weighted by Gasteiger charge is 2.41. The van der Waals surface area contributed by atoms with E-state index in [-0.39, 0.29) is 6.10 Å². The van der Waals surface area contributed by atoms with E-state index in [0.717, 1.165) is 44.9 Å². The molecule has 0 radical (unpaired) electrons. The van der Waals surface area contributed by atoms with Gasteiger partial charge in [-0.1, -0.05) is 25.7 Å². The van der Waals surface area contributed by atoms with Gasteiger partial charge < -0.3 is 15.2 Å². The SMILES string of the molecule is O=C(NC1(C(=O)O)CCCCC1)OC1CCCCC1. The van der Waals surface area contributed by atoms with Gasteiger partial charge in [-0.3, -0.25) is 0 Å². The Morgan fingerprint density at radius 1 is 1.00 bits per heavy atom. The van der Waals surface area contributed by atoms with Gasteiger partial charge in [0.2, 0.25) is 0 Å². The molecule has 2 fully saturated rings. The number of carboxylic acids is 1. The Balaban J connectivity index is 1.89. The molecule has 19 heavy (non-hydrogen) atoms. The van der Waals surface area contributed by atoms with Crippen molar-refractivity contribution in [1.29, 1.82) is 0 Å².